The highest BCUT2D eigenvalue weighted by Gasteiger charge is 2.74. The van der Waals surface area contributed by atoms with Gasteiger partial charge in [-0.2, -0.15) is 0 Å². The fourth-order valence-corrected chi connectivity index (χ4v) is 8.82. The van der Waals surface area contributed by atoms with E-state index in [-0.39, 0.29) is 42.8 Å². The van der Waals surface area contributed by atoms with E-state index in [2.05, 4.69) is 13.2 Å². The van der Waals surface area contributed by atoms with Crippen LogP contribution in [0.3, 0.4) is 0 Å². The molecule has 1 spiro atoms. The van der Waals surface area contributed by atoms with Crippen LogP contribution in [0.2, 0.25) is 0 Å². The van der Waals surface area contributed by atoms with Gasteiger partial charge in [-0.15, -0.1) is 24.9 Å². The molecule has 3 aliphatic heterocycles. The zero-order valence-corrected chi connectivity index (χ0v) is 23.0. The summed E-state index contributed by atoms with van der Waals surface area (Å²) < 4.78 is 4.92. The van der Waals surface area contributed by atoms with Gasteiger partial charge in [0.1, 0.15) is 6.04 Å². The summed E-state index contributed by atoms with van der Waals surface area (Å²) in [5.74, 6) is -1.87. The second-order valence-electron chi connectivity index (χ2n) is 10.5. The van der Waals surface area contributed by atoms with Gasteiger partial charge in [-0.1, -0.05) is 42.5 Å². The highest BCUT2D eigenvalue weighted by Crippen LogP contribution is 2.66. The van der Waals surface area contributed by atoms with Crippen molar-refractivity contribution in [1.29, 1.82) is 0 Å². The van der Waals surface area contributed by atoms with Crippen LogP contribution >= 0.6 is 11.8 Å². The molecule has 39 heavy (non-hydrogen) atoms. The normalized spacial score (nSPS) is 27.0. The molecule has 0 saturated carbocycles. The van der Waals surface area contributed by atoms with E-state index in [4.69, 9.17) is 4.74 Å². The Bertz CT molecular complexity index is 1280. The van der Waals surface area contributed by atoms with Gasteiger partial charge in [0.2, 0.25) is 5.91 Å². The number of allylic oxidation sites excluding steroid dienone is 1. The third-order valence-electron chi connectivity index (χ3n) is 8.28. The Morgan fingerprint density at radius 1 is 1.15 bits per heavy atom. The summed E-state index contributed by atoms with van der Waals surface area (Å²) >= 11 is 1.62. The largest absolute Gasteiger partial charge is 0.465 e. The summed E-state index contributed by atoms with van der Waals surface area (Å²) in [6, 6.07) is 13.2. The first-order valence-corrected chi connectivity index (χ1v) is 14.6. The van der Waals surface area contributed by atoms with Crippen LogP contribution in [0.1, 0.15) is 32.1 Å². The lowest BCUT2D eigenvalue weighted by Crippen LogP contribution is -2.55. The van der Waals surface area contributed by atoms with Crippen molar-refractivity contribution in [2.45, 2.75) is 48.1 Å². The van der Waals surface area contributed by atoms with E-state index in [1.54, 1.807) is 33.7 Å². The molecular weight excluding hydrogens is 512 g/mol. The number of fused-ring (bicyclic) bond motifs is 2. The van der Waals surface area contributed by atoms with Gasteiger partial charge in [-0.3, -0.25) is 14.4 Å². The number of aliphatic hydroxyl groups is 1. The summed E-state index contributed by atoms with van der Waals surface area (Å²) in [6.45, 7) is 8.35. The van der Waals surface area contributed by atoms with Crippen LogP contribution in [-0.2, 0) is 19.1 Å². The van der Waals surface area contributed by atoms with Crippen molar-refractivity contribution in [1.82, 2.24) is 4.90 Å². The van der Waals surface area contributed by atoms with E-state index in [0.717, 1.165) is 29.3 Å². The number of aliphatic hydroxyl groups excluding tert-OH is 1. The van der Waals surface area contributed by atoms with E-state index in [1.807, 2.05) is 42.5 Å². The Morgan fingerprint density at radius 3 is 2.69 bits per heavy atom. The molecule has 0 aliphatic carbocycles. The van der Waals surface area contributed by atoms with Gasteiger partial charge >= 0.3 is 5.97 Å². The number of likely N-dealkylation sites (tertiary alicyclic amines) is 1. The summed E-state index contributed by atoms with van der Waals surface area (Å²) in [4.78, 5) is 45.1. The van der Waals surface area contributed by atoms with Crippen LogP contribution in [0.15, 0.2) is 67.8 Å². The number of thioether (sulfide) groups is 1. The predicted octanol–water partition coefficient (Wildman–Crippen LogP) is 4.34. The number of nitrogens with zero attached hydrogens (tertiary/aromatic N) is 2. The first-order valence-electron chi connectivity index (χ1n) is 13.7. The minimum absolute atomic E-state index is 0.0466. The van der Waals surface area contributed by atoms with Gasteiger partial charge in [0.25, 0.3) is 5.91 Å². The van der Waals surface area contributed by atoms with Crippen molar-refractivity contribution in [2.75, 3.05) is 31.2 Å². The average Bonchev–Trinajstić information content (AvgIpc) is 3.59. The van der Waals surface area contributed by atoms with Crippen LogP contribution in [-0.4, -0.2) is 70.1 Å². The lowest BCUT2D eigenvalue weighted by Gasteiger charge is -2.37. The molecule has 3 saturated heterocycles. The number of rotatable bonds is 12. The van der Waals surface area contributed by atoms with Gasteiger partial charge in [0.15, 0.2) is 0 Å². The SMILES string of the molecule is C=CCCCOC(=O)[C@@H]1[C@@H]2CCC3(S2)C(C(=O)N(CC=C)c2ccc4ccccc4c2)N(CCCO)C(=O)[C@H]13. The lowest BCUT2D eigenvalue weighted by atomic mass is 9.71. The van der Waals surface area contributed by atoms with Gasteiger partial charge in [-0.05, 0) is 55.0 Å². The van der Waals surface area contributed by atoms with Crippen molar-refractivity contribution in [2.24, 2.45) is 11.8 Å². The monoisotopic (exact) mass is 548 g/mol. The maximum absolute atomic E-state index is 14.5. The first-order chi connectivity index (χ1) is 19.0. The number of esters is 1. The predicted molar refractivity (Wildman–Crippen MR) is 154 cm³/mol. The Kier molecular flexibility index (Phi) is 8.14. The molecule has 1 N–H and O–H groups in total. The van der Waals surface area contributed by atoms with E-state index in [9.17, 15) is 19.5 Å². The average molecular weight is 549 g/mol. The molecule has 3 aliphatic rings. The van der Waals surface area contributed by atoms with Crippen LogP contribution < -0.4 is 4.90 Å². The number of anilines is 1. The number of hydrogen-bond donors (Lipinski definition) is 1. The van der Waals surface area contributed by atoms with Crippen LogP contribution in [0.4, 0.5) is 5.69 Å². The number of unbranched alkanes of at least 4 members (excludes halogenated alkanes) is 1. The topological polar surface area (TPSA) is 87.2 Å². The van der Waals surface area contributed by atoms with Crippen molar-refractivity contribution in [3.63, 3.8) is 0 Å². The quantitative estimate of drug-likeness (QED) is 0.241. The first kappa shape index (κ1) is 27.5. The maximum Gasteiger partial charge on any atom is 0.310 e. The number of ether oxygens (including phenoxy) is 1. The zero-order chi connectivity index (χ0) is 27.6. The standard InChI is InChI=1S/C31H36N2O5S/c1-3-5-8-19-38-30(37)25-24-14-15-31(39-24)26(25)28(35)33(17-9-18-34)27(31)29(36)32(16-4-2)23-13-12-21-10-6-7-11-22(21)20-23/h3-4,6-7,10-13,20,24-27,34H,1-2,5,8-9,14-19H2/t24-,25+,26-,27?,31?/m0/s1. The molecular formula is C31H36N2O5S. The summed E-state index contributed by atoms with van der Waals surface area (Å²) in [5.41, 5.74) is 0.740. The Hall–Kier alpha value is -3.10. The molecule has 2 aromatic rings. The van der Waals surface area contributed by atoms with E-state index in [0.29, 0.717) is 25.8 Å². The molecule has 5 rings (SSSR count). The lowest BCUT2D eigenvalue weighted by molar-refractivity contribution is -0.154. The highest BCUT2D eigenvalue weighted by molar-refractivity contribution is 8.02. The molecule has 206 valence electrons. The molecule has 0 aromatic heterocycles. The fraction of sp³-hybridized carbons (Fsp3) is 0.452. The van der Waals surface area contributed by atoms with Gasteiger partial charge in [-0.25, -0.2) is 0 Å². The van der Waals surface area contributed by atoms with Crippen LogP contribution in [0.5, 0.6) is 0 Å². The van der Waals surface area contributed by atoms with Crippen molar-refractivity contribution in [3.05, 3.63) is 67.8 Å². The Labute approximate surface area is 233 Å². The minimum Gasteiger partial charge on any atom is -0.465 e. The van der Waals surface area contributed by atoms with Gasteiger partial charge < -0.3 is 19.6 Å². The smallest absolute Gasteiger partial charge is 0.310 e. The molecule has 7 nitrogen and oxygen atoms in total. The van der Waals surface area contributed by atoms with E-state index in [1.165, 1.54) is 0 Å². The second-order valence-corrected chi connectivity index (χ2v) is 12.1. The maximum atomic E-state index is 14.5. The number of benzene rings is 2. The zero-order valence-electron chi connectivity index (χ0n) is 22.2. The van der Waals surface area contributed by atoms with Crippen LogP contribution in [0.25, 0.3) is 10.8 Å². The Morgan fingerprint density at radius 2 is 1.95 bits per heavy atom. The minimum atomic E-state index is -0.735. The van der Waals surface area contributed by atoms with E-state index >= 15 is 0 Å². The summed E-state index contributed by atoms with van der Waals surface area (Å²) in [6.07, 6.45) is 6.73. The van der Waals surface area contributed by atoms with Crippen molar-refractivity contribution in [3.8, 4) is 0 Å². The second kappa shape index (κ2) is 11.6. The van der Waals surface area contributed by atoms with Gasteiger partial charge in [0.05, 0.1) is 23.2 Å². The van der Waals surface area contributed by atoms with E-state index < -0.39 is 22.6 Å². The molecule has 8 heteroatoms. The van der Waals surface area contributed by atoms with Gasteiger partial charge in [0, 0.05) is 30.6 Å². The molecule has 3 heterocycles. The molecule has 2 aromatic carbocycles. The summed E-state index contributed by atoms with van der Waals surface area (Å²) in [7, 11) is 0. The number of carbonyl (C=O) groups is 3. The summed E-state index contributed by atoms with van der Waals surface area (Å²) in [5, 5.41) is 11.6. The van der Waals surface area contributed by atoms with Crippen molar-refractivity contribution < 1.29 is 24.2 Å². The third-order valence-corrected chi connectivity index (χ3v) is 10.2. The molecule has 5 atom stereocenters. The molecule has 2 amide bonds. The molecule has 0 radical (unpaired) electrons. The number of amides is 2. The highest BCUT2D eigenvalue weighted by atomic mass is 32.2. The molecule has 3 fully saturated rings. The molecule has 2 unspecified atom stereocenters. The Balaban J connectivity index is 1.49. The fourth-order valence-electron chi connectivity index (χ4n) is 6.62. The number of hydrogen-bond acceptors (Lipinski definition) is 6. The third kappa shape index (κ3) is 4.78. The molecule has 2 bridgehead atoms. The number of carbonyl (C=O) groups excluding carboxylic acids is 3. The van der Waals surface area contributed by atoms with Crippen LogP contribution in [0, 0.1) is 11.8 Å². The van der Waals surface area contributed by atoms with Crippen molar-refractivity contribution >= 4 is 46.0 Å².